The SMILES string of the molecule is Cc1nn(C)cc1C(=O)N1CCC2(CC1)Cn1nnc(COCCOC(C)C)c1CO2. The summed E-state index contributed by atoms with van der Waals surface area (Å²) in [7, 11) is 1.83. The van der Waals surface area contributed by atoms with Gasteiger partial charge < -0.3 is 19.1 Å². The number of fused-ring (bicyclic) bond motifs is 1. The third-order valence-electron chi connectivity index (χ3n) is 5.99. The zero-order valence-electron chi connectivity index (χ0n) is 18.8. The van der Waals surface area contributed by atoms with E-state index in [1.165, 1.54) is 0 Å². The van der Waals surface area contributed by atoms with Crippen LogP contribution in [0.3, 0.4) is 0 Å². The number of hydrogen-bond acceptors (Lipinski definition) is 7. The smallest absolute Gasteiger partial charge is 0.257 e. The molecule has 10 nitrogen and oxygen atoms in total. The van der Waals surface area contributed by atoms with Crippen molar-refractivity contribution in [3.8, 4) is 0 Å². The Morgan fingerprint density at radius 1 is 1.29 bits per heavy atom. The Labute approximate surface area is 182 Å². The van der Waals surface area contributed by atoms with Crippen molar-refractivity contribution in [2.45, 2.75) is 65.1 Å². The van der Waals surface area contributed by atoms with Crippen LogP contribution >= 0.6 is 0 Å². The van der Waals surface area contributed by atoms with Crippen LogP contribution in [0.4, 0.5) is 0 Å². The second-order valence-electron chi connectivity index (χ2n) is 8.68. The molecule has 2 aromatic rings. The molecule has 0 saturated carbocycles. The van der Waals surface area contributed by atoms with E-state index in [1.807, 2.05) is 37.4 Å². The lowest BCUT2D eigenvalue weighted by atomic mass is 9.89. The molecule has 4 rings (SSSR count). The quantitative estimate of drug-likeness (QED) is 0.611. The first-order chi connectivity index (χ1) is 14.9. The fraction of sp³-hybridized carbons (Fsp3) is 0.714. The number of aromatic nitrogens is 5. The lowest BCUT2D eigenvalue weighted by Gasteiger charge is -2.43. The van der Waals surface area contributed by atoms with Crippen molar-refractivity contribution in [3.63, 3.8) is 0 Å². The molecule has 170 valence electrons. The fourth-order valence-corrected chi connectivity index (χ4v) is 4.22. The summed E-state index contributed by atoms with van der Waals surface area (Å²) in [5, 5.41) is 12.9. The molecule has 0 aromatic carbocycles. The van der Waals surface area contributed by atoms with Crippen molar-refractivity contribution in [2.75, 3.05) is 26.3 Å². The van der Waals surface area contributed by atoms with Gasteiger partial charge in [0.2, 0.25) is 0 Å². The summed E-state index contributed by atoms with van der Waals surface area (Å²) < 4.78 is 21.1. The highest BCUT2D eigenvalue weighted by Gasteiger charge is 2.41. The van der Waals surface area contributed by atoms with Crippen LogP contribution in [0.5, 0.6) is 0 Å². The number of likely N-dealkylation sites (tertiary alicyclic amines) is 1. The minimum atomic E-state index is -0.301. The molecule has 2 aliphatic rings. The average molecular weight is 433 g/mol. The molecular weight excluding hydrogens is 400 g/mol. The van der Waals surface area contributed by atoms with E-state index in [4.69, 9.17) is 14.2 Å². The van der Waals surface area contributed by atoms with Gasteiger partial charge in [-0.1, -0.05) is 5.21 Å². The summed E-state index contributed by atoms with van der Waals surface area (Å²) in [6.45, 7) is 9.79. The monoisotopic (exact) mass is 432 g/mol. The third-order valence-corrected chi connectivity index (χ3v) is 5.99. The minimum absolute atomic E-state index is 0.0404. The Kier molecular flexibility index (Phi) is 6.40. The maximum Gasteiger partial charge on any atom is 0.257 e. The van der Waals surface area contributed by atoms with E-state index in [1.54, 1.807) is 10.9 Å². The second-order valence-corrected chi connectivity index (χ2v) is 8.68. The number of hydrogen-bond donors (Lipinski definition) is 0. The predicted octanol–water partition coefficient (Wildman–Crippen LogP) is 1.47. The van der Waals surface area contributed by atoms with E-state index in [0.717, 1.165) is 29.9 Å². The van der Waals surface area contributed by atoms with E-state index in [2.05, 4.69) is 15.4 Å². The lowest BCUT2D eigenvalue weighted by Crippen LogP contribution is -2.52. The Balaban J connectivity index is 1.31. The molecule has 1 saturated heterocycles. The van der Waals surface area contributed by atoms with Crippen molar-refractivity contribution in [2.24, 2.45) is 7.05 Å². The summed E-state index contributed by atoms with van der Waals surface area (Å²) in [5.74, 6) is 0.0404. The molecule has 31 heavy (non-hydrogen) atoms. The molecule has 0 N–H and O–H groups in total. The van der Waals surface area contributed by atoms with Crippen LogP contribution in [0.2, 0.25) is 0 Å². The van der Waals surface area contributed by atoms with Crippen LogP contribution in [-0.4, -0.2) is 73.6 Å². The highest BCUT2D eigenvalue weighted by molar-refractivity contribution is 5.95. The molecule has 0 aliphatic carbocycles. The minimum Gasteiger partial charge on any atom is -0.376 e. The molecule has 1 amide bonds. The van der Waals surface area contributed by atoms with Crippen LogP contribution < -0.4 is 0 Å². The van der Waals surface area contributed by atoms with Gasteiger partial charge in [0, 0.05) is 26.3 Å². The number of aryl methyl sites for hydroxylation is 2. The molecule has 0 radical (unpaired) electrons. The molecule has 2 aromatic heterocycles. The average Bonchev–Trinajstić information content (AvgIpc) is 3.29. The van der Waals surface area contributed by atoms with Crippen LogP contribution in [0.15, 0.2) is 6.20 Å². The number of piperidine rings is 1. The zero-order valence-corrected chi connectivity index (χ0v) is 18.8. The van der Waals surface area contributed by atoms with Gasteiger partial charge in [0.15, 0.2) is 0 Å². The maximum atomic E-state index is 12.9. The van der Waals surface area contributed by atoms with Gasteiger partial charge in [-0.25, -0.2) is 4.68 Å². The summed E-state index contributed by atoms with van der Waals surface area (Å²) in [5.41, 5.74) is 2.92. The number of amides is 1. The number of carbonyl (C=O) groups excluding carboxylic acids is 1. The van der Waals surface area contributed by atoms with Gasteiger partial charge >= 0.3 is 0 Å². The van der Waals surface area contributed by atoms with Crippen molar-refractivity contribution >= 4 is 5.91 Å². The molecular formula is C21H32N6O4. The second kappa shape index (κ2) is 9.05. The first kappa shape index (κ1) is 21.9. The highest BCUT2D eigenvalue weighted by Crippen LogP contribution is 2.34. The topological polar surface area (TPSA) is 96.5 Å². The number of rotatable bonds is 7. The molecule has 0 bridgehead atoms. The third kappa shape index (κ3) is 4.81. The standard InChI is InChI=1S/C21H32N6O4/c1-15(2)30-10-9-29-12-18-19-13-31-21(14-27(19)24-22-18)5-7-26(8-6-21)20(28)17-11-25(4)23-16(17)3/h11,15H,5-10,12-14H2,1-4H3. The van der Waals surface area contributed by atoms with E-state index in [-0.39, 0.29) is 17.6 Å². The molecule has 1 spiro atoms. The number of nitrogens with zero attached hydrogens (tertiary/aromatic N) is 6. The van der Waals surface area contributed by atoms with Gasteiger partial charge in [0.05, 0.1) is 61.6 Å². The van der Waals surface area contributed by atoms with Gasteiger partial charge in [0.25, 0.3) is 5.91 Å². The van der Waals surface area contributed by atoms with Crippen molar-refractivity contribution in [3.05, 3.63) is 28.8 Å². The Bertz CT molecular complexity index is 913. The van der Waals surface area contributed by atoms with Gasteiger partial charge in [-0.2, -0.15) is 5.10 Å². The Morgan fingerprint density at radius 2 is 2.06 bits per heavy atom. The summed E-state index contributed by atoms with van der Waals surface area (Å²) >= 11 is 0. The molecule has 0 unspecified atom stereocenters. The lowest BCUT2D eigenvalue weighted by molar-refractivity contribution is -0.120. The van der Waals surface area contributed by atoms with Gasteiger partial charge in [0.1, 0.15) is 5.69 Å². The van der Waals surface area contributed by atoms with Crippen LogP contribution in [0.25, 0.3) is 0 Å². The first-order valence-electron chi connectivity index (χ1n) is 10.9. The predicted molar refractivity (Wildman–Crippen MR) is 111 cm³/mol. The Morgan fingerprint density at radius 3 is 2.74 bits per heavy atom. The molecule has 0 atom stereocenters. The summed E-state index contributed by atoms with van der Waals surface area (Å²) in [6, 6.07) is 0. The van der Waals surface area contributed by atoms with E-state index in [9.17, 15) is 4.79 Å². The van der Waals surface area contributed by atoms with E-state index < -0.39 is 0 Å². The van der Waals surface area contributed by atoms with Gasteiger partial charge in [-0.15, -0.1) is 5.10 Å². The van der Waals surface area contributed by atoms with Crippen LogP contribution in [0, 0.1) is 6.92 Å². The molecule has 10 heteroatoms. The molecule has 4 heterocycles. The number of carbonyl (C=O) groups is 1. The van der Waals surface area contributed by atoms with Crippen LogP contribution in [0.1, 0.15) is 54.1 Å². The molecule has 2 aliphatic heterocycles. The first-order valence-corrected chi connectivity index (χ1v) is 10.9. The van der Waals surface area contributed by atoms with Gasteiger partial charge in [-0.05, 0) is 33.6 Å². The number of ether oxygens (including phenoxy) is 3. The van der Waals surface area contributed by atoms with Crippen molar-refractivity contribution in [1.82, 2.24) is 29.7 Å². The zero-order chi connectivity index (χ0) is 22.0. The van der Waals surface area contributed by atoms with Gasteiger partial charge in [-0.3, -0.25) is 9.48 Å². The van der Waals surface area contributed by atoms with Crippen molar-refractivity contribution < 1.29 is 19.0 Å². The van der Waals surface area contributed by atoms with Crippen molar-refractivity contribution in [1.29, 1.82) is 0 Å². The maximum absolute atomic E-state index is 12.9. The highest BCUT2D eigenvalue weighted by atomic mass is 16.5. The Hall–Kier alpha value is -2.30. The van der Waals surface area contributed by atoms with E-state index in [0.29, 0.717) is 51.6 Å². The normalized spacial score (nSPS) is 18.0. The van der Waals surface area contributed by atoms with Crippen LogP contribution in [-0.2, 0) is 41.0 Å². The summed E-state index contributed by atoms with van der Waals surface area (Å²) in [4.78, 5) is 14.8. The largest absolute Gasteiger partial charge is 0.376 e. The fourth-order valence-electron chi connectivity index (χ4n) is 4.22. The molecule has 1 fully saturated rings. The van der Waals surface area contributed by atoms with E-state index >= 15 is 0 Å². The summed E-state index contributed by atoms with van der Waals surface area (Å²) in [6.07, 6.45) is 3.54.